The molecule has 0 saturated carbocycles. The van der Waals surface area contributed by atoms with Crippen LogP contribution in [0.25, 0.3) is 0 Å². The minimum absolute atomic E-state index is 0.0392. The number of hydrogen-bond acceptors (Lipinski definition) is 5. The van der Waals surface area contributed by atoms with E-state index in [4.69, 9.17) is 0 Å². The summed E-state index contributed by atoms with van der Waals surface area (Å²) in [5.41, 5.74) is 1.38. The Morgan fingerprint density at radius 2 is 1.73 bits per heavy atom. The zero-order valence-electron chi connectivity index (χ0n) is 16.7. The smallest absolute Gasteiger partial charge is 0.270 e. The van der Waals surface area contributed by atoms with E-state index in [0.29, 0.717) is 5.56 Å². The van der Waals surface area contributed by atoms with E-state index < -0.39 is 15.9 Å². The molecule has 0 radical (unpaired) electrons. The molecule has 0 bridgehead atoms. The van der Waals surface area contributed by atoms with Crippen molar-refractivity contribution in [3.63, 3.8) is 0 Å². The summed E-state index contributed by atoms with van der Waals surface area (Å²) >= 11 is 0. The van der Waals surface area contributed by atoms with Gasteiger partial charge < -0.3 is 10.0 Å². The molecular weight excluding hydrogens is 378 g/mol. The lowest BCUT2D eigenvalue weighted by Gasteiger charge is -2.43. The lowest BCUT2D eigenvalue weighted by atomic mass is 9.67. The number of non-ortho nitro benzene ring substituents is 1. The average Bonchev–Trinajstić information content (AvgIpc) is 2.94. The number of phenols is 1. The molecule has 1 aliphatic rings. The van der Waals surface area contributed by atoms with E-state index >= 15 is 0 Å². The summed E-state index contributed by atoms with van der Waals surface area (Å²) in [6.07, 6.45) is 0. The first-order valence-corrected chi connectivity index (χ1v) is 9.63. The SMILES string of the molecule is CC1(C)c2ccccc2N(Cc2cc([N+](=O)[O-])ccc2O)C1(C#N)c1ccccc1. The van der Waals surface area contributed by atoms with Gasteiger partial charge in [0.25, 0.3) is 5.69 Å². The number of phenolic OH excluding ortho intramolecular Hbond substituents is 1. The van der Waals surface area contributed by atoms with Crippen LogP contribution in [0.3, 0.4) is 0 Å². The highest BCUT2D eigenvalue weighted by molar-refractivity contribution is 5.71. The van der Waals surface area contributed by atoms with Crippen molar-refractivity contribution < 1.29 is 10.0 Å². The lowest BCUT2D eigenvalue weighted by molar-refractivity contribution is -0.384. The summed E-state index contributed by atoms with van der Waals surface area (Å²) < 4.78 is 0. The third-order valence-electron chi connectivity index (χ3n) is 6.13. The number of aromatic hydroxyl groups is 1. The third kappa shape index (κ3) is 2.63. The molecule has 3 aromatic rings. The zero-order chi connectivity index (χ0) is 21.5. The van der Waals surface area contributed by atoms with Gasteiger partial charge in [-0.3, -0.25) is 10.1 Å². The van der Waals surface area contributed by atoms with Gasteiger partial charge in [-0.1, -0.05) is 62.4 Å². The van der Waals surface area contributed by atoms with Gasteiger partial charge in [0.2, 0.25) is 0 Å². The number of nitro benzene ring substituents is 1. The predicted octanol–water partition coefficient (Wildman–Crippen LogP) is 5.02. The number of para-hydroxylation sites is 1. The second kappa shape index (κ2) is 6.89. The second-order valence-corrected chi connectivity index (χ2v) is 7.99. The Balaban J connectivity index is 1.95. The van der Waals surface area contributed by atoms with Gasteiger partial charge in [0, 0.05) is 35.3 Å². The van der Waals surface area contributed by atoms with Gasteiger partial charge in [-0.25, -0.2) is 0 Å². The molecule has 0 spiro atoms. The molecule has 0 aromatic heterocycles. The summed E-state index contributed by atoms with van der Waals surface area (Å²) in [6, 6.07) is 23.9. The van der Waals surface area contributed by atoms with Gasteiger partial charge >= 0.3 is 0 Å². The van der Waals surface area contributed by atoms with Crippen LogP contribution in [0, 0.1) is 21.4 Å². The number of benzene rings is 3. The highest BCUT2D eigenvalue weighted by Gasteiger charge is 2.58. The summed E-state index contributed by atoms with van der Waals surface area (Å²) in [5, 5.41) is 32.3. The van der Waals surface area contributed by atoms with Crippen molar-refractivity contribution in [3.8, 4) is 11.8 Å². The van der Waals surface area contributed by atoms with E-state index in [1.165, 1.54) is 18.2 Å². The van der Waals surface area contributed by atoms with E-state index in [0.717, 1.165) is 16.8 Å². The van der Waals surface area contributed by atoms with E-state index in [-0.39, 0.29) is 18.0 Å². The van der Waals surface area contributed by atoms with E-state index in [1.54, 1.807) is 0 Å². The van der Waals surface area contributed by atoms with Crippen LogP contribution in [-0.2, 0) is 17.5 Å². The molecule has 6 nitrogen and oxygen atoms in total. The quantitative estimate of drug-likeness (QED) is 0.491. The molecule has 4 rings (SSSR count). The number of nitro groups is 1. The monoisotopic (exact) mass is 399 g/mol. The van der Waals surface area contributed by atoms with Gasteiger partial charge in [-0.05, 0) is 23.3 Å². The van der Waals surface area contributed by atoms with E-state index in [9.17, 15) is 20.5 Å². The zero-order valence-corrected chi connectivity index (χ0v) is 16.7. The second-order valence-electron chi connectivity index (χ2n) is 7.99. The molecule has 0 aliphatic carbocycles. The maximum Gasteiger partial charge on any atom is 0.270 e. The standard InChI is InChI=1S/C24H21N3O3/c1-23(2)20-10-6-7-11-21(20)26(24(23,16-25)18-8-4-3-5-9-18)15-17-14-19(27(29)30)12-13-22(17)28/h3-14,28H,15H2,1-2H3. The van der Waals surface area contributed by atoms with Crippen LogP contribution in [0.15, 0.2) is 72.8 Å². The van der Waals surface area contributed by atoms with Gasteiger partial charge in [0.15, 0.2) is 5.54 Å². The van der Waals surface area contributed by atoms with E-state index in [1.807, 2.05) is 73.3 Å². The van der Waals surface area contributed by atoms with Crippen LogP contribution in [0.4, 0.5) is 11.4 Å². The van der Waals surface area contributed by atoms with Crippen molar-refractivity contribution in [1.29, 1.82) is 5.26 Å². The number of nitriles is 1. The topological polar surface area (TPSA) is 90.4 Å². The molecule has 1 N–H and O–H groups in total. The van der Waals surface area contributed by atoms with Crippen LogP contribution in [-0.4, -0.2) is 10.0 Å². The summed E-state index contributed by atoms with van der Waals surface area (Å²) in [7, 11) is 0. The van der Waals surface area contributed by atoms with Gasteiger partial charge in [0.05, 0.1) is 11.0 Å². The fourth-order valence-corrected chi connectivity index (χ4v) is 4.60. The molecular formula is C24H21N3O3. The first kappa shape index (κ1) is 19.5. The third-order valence-corrected chi connectivity index (χ3v) is 6.13. The van der Waals surface area contributed by atoms with Crippen LogP contribution in [0.5, 0.6) is 5.75 Å². The molecule has 30 heavy (non-hydrogen) atoms. The van der Waals surface area contributed by atoms with Crippen molar-refractivity contribution in [3.05, 3.63) is 99.6 Å². The minimum Gasteiger partial charge on any atom is -0.508 e. The maximum atomic E-state index is 11.3. The van der Waals surface area contributed by atoms with E-state index in [2.05, 4.69) is 6.07 Å². The molecule has 1 aliphatic heterocycles. The molecule has 1 unspecified atom stereocenters. The Labute approximate surface area is 174 Å². The van der Waals surface area contributed by atoms with Crippen molar-refractivity contribution in [2.24, 2.45) is 0 Å². The van der Waals surface area contributed by atoms with Crippen molar-refractivity contribution in [2.75, 3.05) is 4.90 Å². The molecule has 0 saturated heterocycles. The van der Waals surface area contributed by atoms with Gasteiger partial charge in [-0.2, -0.15) is 5.26 Å². The Morgan fingerprint density at radius 3 is 2.40 bits per heavy atom. The number of anilines is 1. The molecule has 1 heterocycles. The fraction of sp³-hybridized carbons (Fsp3) is 0.208. The summed E-state index contributed by atoms with van der Waals surface area (Å²) in [6.45, 7) is 4.22. The van der Waals surface area contributed by atoms with Crippen LogP contribution >= 0.6 is 0 Å². The van der Waals surface area contributed by atoms with Crippen LogP contribution in [0.2, 0.25) is 0 Å². The maximum absolute atomic E-state index is 11.3. The molecule has 6 heteroatoms. The molecule has 1 atom stereocenters. The first-order valence-electron chi connectivity index (χ1n) is 9.63. The lowest BCUT2D eigenvalue weighted by Crippen LogP contribution is -2.51. The summed E-state index contributed by atoms with van der Waals surface area (Å²) in [4.78, 5) is 12.7. The largest absolute Gasteiger partial charge is 0.508 e. The van der Waals surface area contributed by atoms with Gasteiger partial charge in [-0.15, -0.1) is 0 Å². The number of hydrogen-bond donors (Lipinski definition) is 1. The Morgan fingerprint density at radius 1 is 1.07 bits per heavy atom. The Hall–Kier alpha value is -3.85. The minimum atomic E-state index is -1.06. The number of nitrogens with zero attached hydrogens (tertiary/aromatic N) is 3. The number of fused-ring (bicyclic) bond motifs is 1. The van der Waals surface area contributed by atoms with Crippen LogP contribution < -0.4 is 4.90 Å². The van der Waals surface area contributed by atoms with Gasteiger partial charge in [0.1, 0.15) is 5.75 Å². The highest BCUT2D eigenvalue weighted by atomic mass is 16.6. The molecule has 3 aromatic carbocycles. The van der Waals surface area contributed by atoms with Crippen LogP contribution in [0.1, 0.15) is 30.5 Å². The van der Waals surface area contributed by atoms with Crippen molar-refractivity contribution in [1.82, 2.24) is 0 Å². The Bertz CT molecular complexity index is 1170. The molecule has 150 valence electrons. The predicted molar refractivity (Wildman–Crippen MR) is 114 cm³/mol. The normalized spacial score (nSPS) is 19.2. The average molecular weight is 399 g/mol. The van der Waals surface area contributed by atoms with Crippen molar-refractivity contribution in [2.45, 2.75) is 31.3 Å². The first-order chi connectivity index (χ1) is 14.3. The molecule has 0 fully saturated rings. The fourth-order valence-electron chi connectivity index (χ4n) is 4.60. The highest BCUT2D eigenvalue weighted by Crippen LogP contribution is 2.57. The molecule has 0 amide bonds. The number of rotatable bonds is 4. The Kier molecular flexibility index (Phi) is 4.47. The van der Waals surface area contributed by atoms with Crippen molar-refractivity contribution >= 4 is 11.4 Å². The summed E-state index contributed by atoms with van der Waals surface area (Å²) in [5.74, 6) is -0.0392.